The Morgan fingerprint density at radius 1 is 1.54 bits per heavy atom. The highest BCUT2D eigenvalue weighted by atomic mass is 79.9. The fraction of sp³-hybridized carbons (Fsp3) is 0.333. The lowest BCUT2D eigenvalue weighted by molar-refractivity contribution is 0.622. The second-order valence-electron chi connectivity index (χ2n) is 2.68. The van der Waals surface area contributed by atoms with Gasteiger partial charge in [-0.15, -0.1) is 12.4 Å². The fourth-order valence-electron chi connectivity index (χ4n) is 1.02. The molecule has 0 spiro atoms. The Kier molecular flexibility index (Phi) is 5.53. The van der Waals surface area contributed by atoms with Crippen molar-refractivity contribution in [3.8, 4) is 0 Å². The molecule has 0 aliphatic heterocycles. The first-order valence-corrected chi connectivity index (χ1v) is 4.65. The van der Waals surface area contributed by atoms with E-state index in [1.165, 1.54) is 12.1 Å². The van der Waals surface area contributed by atoms with Crippen LogP contribution in [0.25, 0.3) is 0 Å². The third kappa shape index (κ3) is 3.25. The average molecular weight is 269 g/mol. The van der Waals surface area contributed by atoms with Crippen LogP contribution in [0.3, 0.4) is 0 Å². The molecule has 1 aromatic rings. The summed E-state index contributed by atoms with van der Waals surface area (Å²) in [5.41, 5.74) is 6.75. The number of hydrogen-bond donors (Lipinski definition) is 1. The highest BCUT2D eigenvalue weighted by Crippen LogP contribution is 2.24. The summed E-state index contributed by atoms with van der Waals surface area (Å²) < 4.78 is 13.4. The lowest BCUT2D eigenvalue weighted by Gasteiger charge is -2.10. The SMILES string of the molecule is CC[C@H](N)c1ccc(F)cc1Br.Cl. The van der Waals surface area contributed by atoms with E-state index in [2.05, 4.69) is 15.9 Å². The topological polar surface area (TPSA) is 26.0 Å². The van der Waals surface area contributed by atoms with Crippen molar-refractivity contribution in [3.05, 3.63) is 34.1 Å². The zero-order valence-electron chi connectivity index (χ0n) is 7.26. The van der Waals surface area contributed by atoms with E-state index in [1.54, 1.807) is 6.07 Å². The first kappa shape index (κ1) is 12.9. The van der Waals surface area contributed by atoms with Gasteiger partial charge in [-0.3, -0.25) is 0 Å². The molecule has 1 aromatic carbocycles. The molecule has 74 valence electrons. The van der Waals surface area contributed by atoms with Crippen LogP contribution in [0.1, 0.15) is 24.9 Å². The van der Waals surface area contributed by atoms with Crippen molar-refractivity contribution in [2.45, 2.75) is 19.4 Å². The highest BCUT2D eigenvalue weighted by molar-refractivity contribution is 9.10. The van der Waals surface area contributed by atoms with Gasteiger partial charge < -0.3 is 5.73 Å². The minimum Gasteiger partial charge on any atom is -0.324 e. The molecule has 0 saturated heterocycles. The van der Waals surface area contributed by atoms with E-state index in [1.807, 2.05) is 6.92 Å². The number of rotatable bonds is 2. The highest BCUT2D eigenvalue weighted by Gasteiger charge is 2.07. The maximum atomic E-state index is 12.6. The average Bonchev–Trinajstić information content (AvgIpc) is 2.03. The molecule has 0 fully saturated rings. The number of hydrogen-bond acceptors (Lipinski definition) is 1. The molecule has 4 heteroatoms. The predicted molar refractivity (Wildman–Crippen MR) is 58.6 cm³/mol. The van der Waals surface area contributed by atoms with Crippen molar-refractivity contribution in [1.82, 2.24) is 0 Å². The maximum Gasteiger partial charge on any atom is 0.124 e. The van der Waals surface area contributed by atoms with Crippen molar-refractivity contribution < 1.29 is 4.39 Å². The minimum absolute atomic E-state index is 0. The van der Waals surface area contributed by atoms with Crippen molar-refractivity contribution in [3.63, 3.8) is 0 Å². The Morgan fingerprint density at radius 3 is 2.62 bits per heavy atom. The molecule has 0 radical (unpaired) electrons. The van der Waals surface area contributed by atoms with Gasteiger partial charge in [0.1, 0.15) is 5.82 Å². The van der Waals surface area contributed by atoms with Crippen molar-refractivity contribution in [2.24, 2.45) is 5.73 Å². The first-order valence-electron chi connectivity index (χ1n) is 3.85. The largest absolute Gasteiger partial charge is 0.324 e. The van der Waals surface area contributed by atoms with Gasteiger partial charge in [0.05, 0.1) is 0 Å². The molecule has 1 atom stereocenters. The van der Waals surface area contributed by atoms with Gasteiger partial charge in [0.2, 0.25) is 0 Å². The molecule has 0 amide bonds. The van der Waals surface area contributed by atoms with E-state index in [0.717, 1.165) is 16.5 Å². The van der Waals surface area contributed by atoms with Gasteiger partial charge in [-0.25, -0.2) is 4.39 Å². The van der Waals surface area contributed by atoms with Crippen molar-refractivity contribution >= 4 is 28.3 Å². The molecule has 1 nitrogen and oxygen atoms in total. The van der Waals surface area contributed by atoms with E-state index >= 15 is 0 Å². The molecule has 0 aromatic heterocycles. The summed E-state index contributed by atoms with van der Waals surface area (Å²) in [7, 11) is 0. The van der Waals surface area contributed by atoms with Gasteiger partial charge in [0.15, 0.2) is 0 Å². The van der Waals surface area contributed by atoms with Crippen LogP contribution in [0.15, 0.2) is 22.7 Å². The van der Waals surface area contributed by atoms with Crippen molar-refractivity contribution in [1.29, 1.82) is 0 Å². The lowest BCUT2D eigenvalue weighted by Crippen LogP contribution is -2.09. The van der Waals surface area contributed by atoms with Crippen LogP contribution in [-0.4, -0.2) is 0 Å². The Morgan fingerprint density at radius 2 is 2.15 bits per heavy atom. The first-order chi connectivity index (χ1) is 5.65. The normalized spacial score (nSPS) is 12.0. The molecule has 0 unspecified atom stereocenters. The van der Waals surface area contributed by atoms with Crippen LogP contribution in [0, 0.1) is 5.82 Å². The van der Waals surface area contributed by atoms with Crippen LogP contribution < -0.4 is 5.73 Å². The van der Waals surface area contributed by atoms with Gasteiger partial charge >= 0.3 is 0 Å². The van der Waals surface area contributed by atoms with Crippen molar-refractivity contribution in [2.75, 3.05) is 0 Å². The monoisotopic (exact) mass is 267 g/mol. The smallest absolute Gasteiger partial charge is 0.124 e. The predicted octanol–water partition coefficient (Wildman–Crippen LogP) is 3.42. The number of benzene rings is 1. The molecule has 0 aliphatic carbocycles. The third-order valence-corrected chi connectivity index (χ3v) is 2.49. The molecule has 0 aliphatic rings. The summed E-state index contributed by atoms with van der Waals surface area (Å²) in [4.78, 5) is 0. The quantitative estimate of drug-likeness (QED) is 0.874. The molecule has 0 saturated carbocycles. The number of nitrogens with two attached hydrogens (primary N) is 1. The van der Waals surface area contributed by atoms with E-state index in [0.29, 0.717) is 0 Å². The van der Waals surface area contributed by atoms with Crippen LogP contribution in [-0.2, 0) is 0 Å². The molecule has 0 heterocycles. The van der Waals surface area contributed by atoms with Gasteiger partial charge in [-0.2, -0.15) is 0 Å². The molecule has 0 bridgehead atoms. The zero-order valence-corrected chi connectivity index (χ0v) is 9.66. The van der Waals surface area contributed by atoms with Gasteiger partial charge in [0.25, 0.3) is 0 Å². The fourth-order valence-corrected chi connectivity index (χ4v) is 1.67. The van der Waals surface area contributed by atoms with Crippen LogP contribution >= 0.6 is 28.3 Å². The molecular weight excluding hydrogens is 256 g/mol. The van der Waals surface area contributed by atoms with Crippen LogP contribution in [0.5, 0.6) is 0 Å². The zero-order chi connectivity index (χ0) is 9.14. The molecule has 1 rings (SSSR count). The van der Waals surface area contributed by atoms with Crippen LogP contribution in [0.2, 0.25) is 0 Å². The Hall–Kier alpha value is -0.120. The van der Waals surface area contributed by atoms with Crippen LogP contribution in [0.4, 0.5) is 4.39 Å². The van der Waals surface area contributed by atoms with Gasteiger partial charge in [-0.1, -0.05) is 28.9 Å². The summed E-state index contributed by atoms with van der Waals surface area (Å²) in [6.45, 7) is 2.00. The summed E-state index contributed by atoms with van der Waals surface area (Å²) in [5.74, 6) is -0.242. The summed E-state index contributed by atoms with van der Waals surface area (Å²) in [5, 5.41) is 0. The second kappa shape index (κ2) is 5.58. The molecule has 2 N–H and O–H groups in total. The van der Waals surface area contributed by atoms with Gasteiger partial charge in [0, 0.05) is 10.5 Å². The van der Waals surface area contributed by atoms with Gasteiger partial charge in [-0.05, 0) is 24.1 Å². The maximum absolute atomic E-state index is 12.6. The van der Waals surface area contributed by atoms with E-state index in [9.17, 15) is 4.39 Å². The summed E-state index contributed by atoms with van der Waals surface area (Å²) in [6.07, 6.45) is 0.851. The Bertz CT molecular complexity index is 280. The lowest BCUT2D eigenvalue weighted by atomic mass is 10.1. The van der Waals surface area contributed by atoms with E-state index in [-0.39, 0.29) is 24.3 Å². The Labute approximate surface area is 92.1 Å². The summed E-state index contributed by atoms with van der Waals surface area (Å²) >= 11 is 3.27. The molecular formula is C9H12BrClFN. The minimum atomic E-state index is -0.242. The second-order valence-corrected chi connectivity index (χ2v) is 3.53. The standard InChI is InChI=1S/C9H11BrFN.ClH/c1-2-9(12)7-4-3-6(11)5-8(7)10;/h3-5,9H,2,12H2,1H3;1H/t9-;/m0./s1. The van der Waals surface area contributed by atoms with E-state index < -0.39 is 0 Å². The summed E-state index contributed by atoms with van der Waals surface area (Å²) in [6, 6.07) is 4.56. The number of halogens is 3. The third-order valence-electron chi connectivity index (χ3n) is 1.80. The van der Waals surface area contributed by atoms with E-state index in [4.69, 9.17) is 5.73 Å². The Balaban J connectivity index is 0.00000144. The molecule has 13 heavy (non-hydrogen) atoms.